The second-order valence-corrected chi connectivity index (χ2v) is 7.57. The minimum absolute atomic E-state index is 0.187. The maximum Gasteiger partial charge on any atom is 0.321 e. The first-order chi connectivity index (χ1) is 16.0. The summed E-state index contributed by atoms with van der Waals surface area (Å²) in [6.45, 7) is 1.93. The van der Waals surface area contributed by atoms with E-state index in [1.54, 1.807) is 58.3 Å². The van der Waals surface area contributed by atoms with Crippen LogP contribution in [0.5, 0.6) is 0 Å². The summed E-state index contributed by atoms with van der Waals surface area (Å²) in [5, 5.41) is 5.58. The molecule has 9 heteroatoms. The first kappa shape index (κ1) is 22.1. The molecule has 1 fully saturated rings. The standard InChI is InChI=1S/C24H23FN4O4/c25-19-7-3-17(4-8-19)16-26-22(30)18-5-9-20(10-6-18)27-24(32)29-13-11-28(12-14-29)23(31)21-2-1-15-33-21/h1-10,15H,11-14,16H2,(H,26,30)(H,27,32). The van der Waals surface area contributed by atoms with E-state index in [2.05, 4.69) is 10.6 Å². The van der Waals surface area contributed by atoms with Crippen molar-refractivity contribution in [3.05, 3.63) is 89.6 Å². The van der Waals surface area contributed by atoms with E-state index in [-0.39, 0.29) is 36.0 Å². The predicted molar refractivity (Wildman–Crippen MR) is 119 cm³/mol. The lowest BCUT2D eigenvalue weighted by atomic mass is 10.1. The van der Waals surface area contributed by atoms with Crippen LogP contribution in [0.15, 0.2) is 71.3 Å². The molecule has 0 radical (unpaired) electrons. The molecule has 0 bridgehead atoms. The number of benzene rings is 2. The molecule has 33 heavy (non-hydrogen) atoms. The van der Waals surface area contributed by atoms with Crippen LogP contribution in [0, 0.1) is 5.82 Å². The Labute approximate surface area is 190 Å². The van der Waals surface area contributed by atoms with Crippen LogP contribution in [0.25, 0.3) is 0 Å². The molecule has 1 saturated heterocycles. The number of hydrogen-bond acceptors (Lipinski definition) is 4. The molecule has 3 aromatic rings. The minimum atomic E-state index is -0.327. The Hall–Kier alpha value is -4.14. The fourth-order valence-corrected chi connectivity index (χ4v) is 3.46. The van der Waals surface area contributed by atoms with Gasteiger partial charge < -0.3 is 24.9 Å². The number of amides is 4. The number of halogens is 1. The van der Waals surface area contributed by atoms with Gasteiger partial charge in [0.1, 0.15) is 5.82 Å². The van der Waals surface area contributed by atoms with Crippen molar-refractivity contribution in [2.24, 2.45) is 0 Å². The summed E-state index contributed by atoms with van der Waals surface area (Å²) < 4.78 is 18.1. The maximum atomic E-state index is 13.0. The second-order valence-electron chi connectivity index (χ2n) is 7.57. The summed E-state index contributed by atoms with van der Waals surface area (Å²) in [5.74, 6) is -0.496. The molecule has 1 aromatic heterocycles. The molecule has 0 unspecified atom stereocenters. The number of hydrogen-bond donors (Lipinski definition) is 2. The normalized spacial score (nSPS) is 13.5. The summed E-state index contributed by atoms with van der Waals surface area (Å²) in [6.07, 6.45) is 1.46. The van der Waals surface area contributed by atoms with Gasteiger partial charge in [-0.2, -0.15) is 0 Å². The van der Waals surface area contributed by atoms with Gasteiger partial charge in [0.25, 0.3) is 11.8 Å². The lowest BCUT2D eigenvalue weighted by molar-refractivity contribution is 0.0640. The molecule has 8 nitrogen and oxygen atoms in total. The van der Waals surface area contributed by atoms with Crippen LogP contribution in [0.2, 0.25) is 0 Å². The third-order valence-corrected chi connectivity index (χ3v) is 5.35. The molecule has 0 saturated carbocycles. The molecule has 2 aromatic carbocycles. The van der Waals surface area contributed by atoms with E-state index in [1.807, 2.05) is 0 Å². The lowest BCUT2D eigenvalue weighted by Gasteiger charge is -2.34. The summed E-state index contributed by atoms with van der Waals surface area (Å²) in [5.41, 5.74) is 1.80. The highest BCUT2D eigenvalue weighted by Gasteiger charge is 2.26. The van der Waals surface area contributed by atoms with Crippen LogP contribution in [-0.2, 0) is 6.54 Å². The number of rotatable bonds is 5. The second kappa shape index (κ2) is 9.99. The van der Waals surface area contributed by atoms with Gasteiger partial charge in [-0.25, -0.2) is 9.18 Å². The highest BCUT2D eigenvalue weighted by atomic mass is 19.1. The molecule has 0 aliphatic carbocycles. The van der Waals surface area contributed by atoms with Gasteiger partial charge in [-0.3, -0.25) is 9.59 Å². The number of nitrogens with zero attached hydrogens (tertiary/aromatic N) is 2. The summed E-state index contributed by atoms with van der Waals surface area (Å²) >= 11 is 0. The molecule has 0 atom stereocenters. The third kappa shape index (κ3) is 5.57. The van der Waals surface area contributed by atoms with Crippen molar-refractivity contribution in [2.75, 3.05) is 31.5 Å². The van der Waals surface area contributed by atoms with Crippen LogP contribution < -0.4 is 10.6 Å². The molecular weight excluding hydrogens is 427 g/mol. The van der Waals surface area contributed by atoms with E-state index in [0.717, 1.165) is 5.56 Å². The first-order valence-electron chi connectivity index (χ1n) is 10.5. The lowest BCUT2D eigenvalue weighted by Crippen LogP contribution is -2.51. The summed E-state index contributed by atoms with van der Waals surface area (Å²) in [7, 11) is 0. The molecule has 1 aliphatic heterocycles. The highest BCUT2D eigenvalue weighted by molar-refractivity contribution is 5.95. The van der Waals surface area contributed by atoms with E-state index in [4.69, 9.17) is 4.42 Å². The van der Waals surface area contributed by atoms with E-state index in [1.165, 1.54) is 18.4 Å². The number of urea groups is 1. The Morgan fingerprint density at radius 2 is 1.55 bits per heavy atom. The molecule has 1 aliphatic rings. The van der Waals surface area contributed by atoms with Crippen molar-refractivity contribution < 1.29 is 23.2 Å². The van der Waals surface area contributed by atoms with Crippen LogP contribution in [0.3, 0.4) is 0 Å². The highest BCUT2D eigenvalue weighted by Crippen LogP contribution is 2.13. The van der Waals surface area contributed by atoms with Gasteiger partial charge in [0.15, 0.2) is 5.76 Å². The summed E-state index contributed by atoms with van der Waals surface area (Å²) in [6, 6.07) is 15.5. The average Bonchev–Trinajstić information content (AvgIpc) is 3.39. The van der Waals surface area contributed by atoms with E-state index in [9.17, 15) is 18.8 Å². The number of piperazine rings is 1. The molecule has 2 N–H and O–H groups in total. The number of furan rings is 1. The molecule has 4 amide bonds. The minimum Gasteiger partial charge on any atom is -0.459 e. The number of nitrogens with one attached hydrogen (secondary N) is 2. The molecule has 2 heterocycles. The Kier molecular flexibility index (Phi) is 6.68. The summed E-state index contributed by atoms with van der Waals surface area (Å²) in [4.78, 5) is 40.5. The van der Waals surface area contributed by atoms with Crippen LogP contribution >= 0.6 is 0 Å². The molecular formula is C24H23FN4O4. The Bertz CT molecular complexity index is 1110. The van der Waals surface area contributed by atoms with Crippen molar-refractivity contribution in [1.82, 2.24) is 15.1 Å². The quantitative estimate of drug-likeness (QED) is 0.623. The monoisotopic (exact) mass is 450 g/mol. The smallest absolute Gasteiger partial charge is 0.321 e. The predicted octanol–water partition coefficient (Wildman–Crippen LogP) is 3.34. The van der Waals surface area contributed by atoms with Crippen LogP contribution in [-0.4, -0.2) is 53.8 Å². The first-order valence-corrected chi connectivity index (χ1v) is 10.5. The fraction of sp³-hybridized carbons (Fsp3) is 0.208. The zero-order valence-corrected chi connectivity index (χ0v) is 17.8. The van der Waals surface area contributed by atoms with Gasteiger partial charge in [0.05, 0.1) is 6.26 Å². The zero-order valence-electron chi connectivity index (χ0n) is 17.8. The van der Waals surface area contributed by atoms with Gasteiger partial charge in [-0.15, -0.1) is 0 Å². The largest absolute Gasteiger partial charge is 0.459 e. The van der Waals surface area contributed by atoms with Gasteiger partial charge >= 0.3 is 6.03 Å². The third-order valence-electron chi connectivity index (χ3n) is 5.35. The Morgan fingerprint density at radius 3 is 2.18 bits per heavy atom. The molecule has 4 rings (SSSR count). The SMILES string of the molecule is O=C(NCc1ccc(F)cc1)c1ccc(NC(=O)N2CCN(C(=O)c3ccco3)CC2)cc1. The van der Waals surface area contributed by atoms with Crippen LogP contribution in [0.4, 0.5) is 14.9 Å². The topological polar surface area (TPSA) is 94.9 Å². The van der Waals surface area contributed by atoms with Gasteiger partial charge in [-0.05, 0) is 54.1 Å². The average molecular weight is 450 g/mol. The van der Waals surface area contributed by atoms with Crippen LogP contribution in [0.1, 0.15) is 26.5 Å². The molecule has 170 valence electrons. The Balaban J connectivity index is 1.24. The Morgan fingerprint density at radius 1 is 0.879 bits per heavy atom. The van der Waals surface area contributed by atoms with Crippen molar-refractivity contribution >= 4 is 23.5 Å². The van der Waals surface area contributed by atoms with E-state index in [0.29, 0.717) is 37.4 Å². The van der Waals surface area contributed by atoms with Crippen molar-refractivity contribution in [1.29, 1.82) is 0 Å². The number of anilines is 1. The molecule has 0 spiro atoms. The van der Waals surface area contributed by atoms with E-state index < -0.39 is 0 Å². The van der Waals surface area contributed by atoms with Gasteiger partial charge in [-0.1, -0.05) is 12.1 Å². The van der Waals surface area contributed by atoms with Gasteiger partial charge in [0.2, 0.25) is 0 Å². The maximum absolute atomic E-state index is 13.0. The van der Waals surface area contributed by atoms with Crippen molar-refractivity contribution in [3.8, 4) is 0 Å². The number of carbonyl (C=O) groups excluding carboxylic acids is 3. The van der Waals surface area contributed by atoms with Crippen molar-refractivity contribution in [3.63, 3.8) is 0 Å². The zero-order chi connectivity index (χ0) is 23.2. The van der Waals surface area contributed by atoms with Gasteiger partial charge in [0, 0.05) is 44.0 Å². The fourth-order valence-electron chi connectivity index (χ4n) is 3.46. The van der Waals surface area contributed by atoms with E-state index >= 15 is 0 Å². The number of carbonyl (C=O) groups is 3. The van der Waals surface area contributed by atoms with Crippen molar-refractivity contribution in [2.45, 2.75) is 6.54 Å².